The summed E-state index contributed by atoms with van der Waals surface area (Å²) in [4.78, 5) is 11.3. The summed E-state index contributed by atoms with van der Waals surface area (Å²) in [6.07, 6.45) is 2.79. The lowest BCUT2D eigenvalue weighted by Crippen LogP contribution is -2.44. The van der Waals surface area contributed by atoms with Gasteiger partial charge in [-0.1, -0.05) is 25.1 Å². The average Bonchev–Trinajstić information content (AvgIpc) is 2.39. The molecule has 0 saturated carbocycles. The van der Waals surface area contributed by atoms with Crippen molar-refractivity contribution in [1.29, 1.82) is 0 Å². The molecule has 0 atom stereocenters. The summed E-state index contributed by atoms with van der Waals surface area (Å²) in [5.41, 5.74) is 8.57. The molecule has 0 aliphatic heterocycles. The maximum Gasteiger partial charge on any atom is 0.248 e. The molecule has 0 bridgehead atoms. The summed E-state index contributed by atoms with van der Waals surface area (Å²) >= 11 is 6.62. The first-order valence-corrected chi connectivity index (χ1v) is 7.82. The van der Waals surface area contributed by atoms with Gasteiger partial charge in [-0.3, -0.25) is 15.6 Å². The van der Waals surface area contributed by atoms with E-state index in [2.05, 4.69) is 29.2 Å². The molecule has 3 N–H and O–H groups in total. The molecule has 4 nitrogen and oxygen atoms in total. The molecular weight excluding hydrogens is 278 g/mol. The van der Waals surface area contributed by atoms with E-state index in [0.29, 0.717) is 10.9 Å². The van der Waals surface area contributed by atoms with Crippen molar-refractivity contribution in [2.24, 2.45) is 0 Å². The first kappa shape index (κ1) is 15.8. The van der Waals surface area contributed by atoms with Crippen molar-refractivity contribution < 1.29 is 4.79 Å². The zero-order valence-corrected chi connectivity index (χ0v) is 13.0. The Hall–Kier alpha value is -1.27. The van der Waals surface area contributed by atoms with Gasteiger partial charge in [0.25, 0.3) is 0 Å². The number of benzene rings is 1. The monoisotopic (exact) mass is 297 g/mol. The molecule has 19 heavy (non-hydrogen) atoms. The van der Waals surface area contributed by atoms with Crippen molar-refractivity contribution in [2.45, 2.75) is 20.3 Å². The normalized spacial score (nSPS) is 9.84. The fraction of sp³-hybridized carbons (Fsp3) is 0.385. The predicted molar refractivity (Wildman–Crippen MR) is 86.4 cm³/mol. The summed E-state index contributed by atoms with van der Waals surface area (Å²) in [5.74, 6) is 0.303. The Morgan fingerprint density at radius 3 is 2.74 bits per heavy atom. The molecule has 0 aliphatic carbocycles. The first-order valence-electron chi connectivity index (χ1n) is 6.01. The quantitative estimate of drug-likeness (QED) is 0.588. The highest BCUT2D eigenvalue weighted by molar-refractivity contribution is 7.99. The molecule has 1 aromatic rings. The van der Waals surface area contributed by atoms with Crippen molar-refractivity contribution >= 4 is 40.7 Å². The van der Waals surface area contributed by atoms with E-state index < -0.39 is 0 Å². The van der Waals surface area contributed by atoms with Gasteiger partial charge in [0.2, 0.25) is 5.91 Å². The predicted octanol–water partition coefficient (Wildman–Crippen LogP) is 2.24. The van der Waals surface area contributed by atoms with Crippen LogP contribution in [0.3, 0.4) is 0 Å². The minimum Gasteiger partial charge on any atom is -0.331 e. The van der Waals surface area contributed by atoms with E-state index >= 15 is 0 Å². The Kier molecular flexibility index (Phi) is 6.66. The minimum atomic E-state index is -0.0999. The maximum atomic E-state index is 11.3. The van der Waals surface area contributed by atoms with Crippen LogP contribution in [0.1, 0.15) is 18.1 Å². The summed E-state index contributed by atoms with van der Waals surface area (Å²) in [6, 6.07) is 6.11. The van der Waals surface area contributed by atoms with Crippen LogP contribution in [0.25, 0.3) is 0 Å². The third-order valence-electron chi connectivity index (χ3n) is 2.57. The largest absolute Gasteiger partial charge is 0.331 e. The molecule has 0 radical (unpaired) electrons. The van der Waals surface area contributed by atoms with Gasteiger partial charge in [0.05, 0.1) is 5.75 Å². The number of hydrogen-bond donors (Lipinski definition) is 3. The highest BCUT2D eigenvalue weighted by Crippen LogP contribution is 2.20. The number of thiocarbonyl (C=S) groups is 1. The molecule has 0 aromatic heterocycles. The van der Waals surface area contributed by atoms with Crippen LogP contribution in [0.2, 0.25) is 0 Å². The fourth-order valence-corrected chi connectivity index (χ4v) is 2.13. The number of hydrazine groups is 1. The lowest BCUT2D eigenvalue weighted by Gasteiger charge is -2.16. The van der Waals surface area contributed by atoms with Crippen molar-refractivity contribution in [3.8, 4) is 0 Å². The minimum absolute atomic E-state index is 0.0999. The standard InChI is InChI=1S/C13H19N3OS2/c1-4-10-7-5-6-9(2)12(10)14-13(18)16-15-11(17)8-19-3/h5-7H,4,8H2,1-3H3,(H,15,17)(H2,14,16,18). The van der Waals surface area contributed by atoms with Crippen molar-refractivity contribution in [3.63, 3.8) is 0 Å². The third kappa shape index (κ3) is 5.08. The Morgan fingerprint density at radius 2 is 2.11 bits per heavy atom. The second kappa shape index (κ2) is 8.01. The van der Waals surface area contributed by atoms with Crippen molar-refractivity contribution in [2.75, 3.05) is 17.3 Å². The van der Waals surface area contributed by atoms with Crippen LogP contribution in [0.4, 0.5) is 5.69 Å². The Morgan fingerprint density at radius 1 is 1.37 bits per heavy atom. The molecule has 1 aromatic carbocycles. The van der Waals surface area contributed by atoms with Crippen LogP contribution in [-0.4, -0.2) is 23.0 Å². The summed E-state index contributed by atoms with van der Waals surface area (Å²) in [5, 5.41) is 3.51. The molecule has 0 heterocycles. The molecule has 0 saturated heterocycles. The number of hydrogen-bond acceptors (Lipinski definition) is 3. The average molecular weight is 297 g/mol. The number of aryl methyl sites for hydroxylation is 2. The molecular formula is C13H19N3OS2. The van der Waals surface area contributed by atoms with Gasteiger partial charge in [-0.25, -0.2) is 0 Å². The van der Waals surface area contributed by atoms with Gasteiger partial charge in [-0.2, -0.15) is 11.8 Å². The molecule has 0 spiro atoms. The van der Waals surface area contributed by atoms with Crippen LogP contribution in [0.15, 0.2) is 18.2 Å². The number of rotatable bonds is 4. The molecule has 104 valence electrons. The molecule has 1 amide bonds. The van der Waals surface area contributed by atoms with Gasteiger partial charge in [-0.05, 0) is 42.9 Å². The molecule has 0 fully saturated rings. The van der Waals surface area contributed by atoms with Crippen LogP contribution in [-0.2, 0) is 11.2 Å². The zero-order valence-electron chi connectivity index (χ0n) is 11.4. The van der Waals surface area contributed by atoms with Gasteiger partial charge < -0.3 is 5.32 Å². The Bertz CT molecular complexity index is 463. The van der Waals surface area contributed by atoms with Gasteiger partial charge in [-0.15, -0.1) is 0 Å². The van der Waals surface area contributed by atoms with Crippen LogP contribution in [0.5, 0.6) is 0 Å². The Labute approximate surface area is 123 Å². The number of para-hydroxylation sites is 1. The first-order chi connectivity index (χ1) is 9.08. The number of amides is 1. The smallest absolute Gasteiger partial charge is 0.248 e. The third-order valence-corrected chi connectivity index (χ3v) is 3.32. The number of carbonyl (C=O) groups is 1. The van der Waals surface area contributed by atoms with Crippen LogP contribution >= 0.6 is 24.0 Å². The molecule has 0 unspecified atom stereocenters. The maximum absolute atomic E-state index is 11.3. The second-order valence-electron chi connectivity index (χ2n) is 4.02. The highest BCUT2D eigenvalue weighted by atomic mass is 32.2. The SMILES string of the molecule is CCc1cccc(C)c1NC(=S)NNC(=O)CSC. The molecule has 1 rings (SSSR count). The summed E-state index contributed by atoms with van der Waals surface area (Å²) in [7, 11) is 0. The lowest BCUT2D eigenvalue weighted by atomic mass is 10.1. The van der Waals surface area contributed by atoms with E-state index in [4.69, 9.17) is 12.2 Å². The van der Waals surface area contributed by atoms with Crippen LogP contribution < -0.4 is 16.2 Å². The van der Waals surface area contributed by atoms with Crippen LogP contribution in [0, 0.1) is 6.92 Å². The van der Waals surface area contributed by atoms with E-state index in [1.807, 2.05) is 25.3 Å². The number of nitrogens with one attached hydrogen (secondary N) is 3. The van der Waals surface area contributed by atoms with Gasteiger partial charge >= 0.3 is 0 Å². The van der Waals surface area contributed by atoms with Crippen molar-refractivity contribution in [3.05, 3.63) is 29.3 Å². The van der Waals surface area contributed by atoms with Crippen molar-refractivity contribution in [1.82, 2.24) is 10.9 Å². The number of carbonyl (C=O) groups excluding carboxylic acids is 1. The van der Waals surface area contributed by atoms with E-state index in [-0.39, 0.29) is 5.91 Å². The fourth-order valence-electron chi connectivity index (χ4n) is 1.64. The van der Waals surface area contributed by atoms with E-state index in [1.165, 1.54) is 17.3 Å². The second-order valence-corrected chi connectivity index (χ2v) is 5.30. The van der Waals surface area contributed by atoms with E-state index in [9.17, 15) is 4.79 Å². The molecule has 0 aliphatic rings. The van der Waals surface area contributed by atoms with Gasteiger partial charge in [0.15, 0.2) is 5.11 Å². The lowest BCUT2D eigenvalue weighted by molar-refractivity contribution is -0.119. The topological polar surface area (TPSA) is 53.2 Å². The Balaban J connectivity index is 2.60. The number of thioether (sulfide) groups is 1. The molecule has 6 heteroatoms. The number of anilines is 1. The van der Waals surface area contributed by atoms with Gasteiger partial charge in [0, 0.05) is 5.69 Å². The summed E-state index contributed by atoms with van der Waals surface area (Å²) in [6.45, 7) is 4.12. The van der Waals surface area contributed by atoms with Gasteiger partial charge in [0.1, 0.15) is 0 Å². The van der Waals surface area contributed by atoms with E-state index in [1.54, 1.807) is 0 Å². The van der Waals surface area contributed by atoms with E-state index in [0.717, 1.165) is 17.7 Å². The zero-order chi connectivity index (χ0) is 14.3. The highest BCUT2D eigenvalue weighted by Gasteiger charge is 2.06. The summed E-state index contributed by atoms with van der Waals surface area (Å²) < 4.78 is 0.